The molecule has 5 nitrogen and oxygen atoms in total. The molecule has 0 radical (unpaired) electrons. The second-order valence-corrected chi connectivity index (χ2v) is 3.83. The van der Waals surface area contributed by atoms with Crippen molar-refractivity contribution in [3.05, 3.63) is 34.9 Å². The summed E-state index contributed by atoms with van der Waals surface area (Å²) in [4.78, 5) is 9.14. The number of nitrogens with two attached hydrogens (primary N) is 1. The molecule has 0 aliphatic rings. The minimum absolute atomic E-state index is 0.270. The van der Waals surface area contributed by atoms with Crippen LogP contribution in [0, 0.1) is 0 Å². The first-order valence-corrected chi connectivity index (χ1v) is 5.43. The average Bonchev–Trinajstić information content (AvgIpc) is 2.77. The quantitative estimate of drug-likeness (QED) is 0.834. The van der Waals surface area contributed by atoms with Gasteiger partial charge in [0.15, 0.2) is 0 Å². The van der Waals surface area contributed by atoms with Gasteiger partial charge in [0, 0.05) is 12.4 Å². The van der Waals surface area contributed by atoms with Crippen LogP contribution in [0.5, 0.6) is 0 Å². The molecule has 2 rings (SSSR count). The molecule has 0 fully saturated rings. The van der Waals surface area contributed by atoms with Crippen molar-refractivity contribution in [2.45, 2.75) is 19.4 Å². The van der Waals surface area contributed by atoms with E-state index in [0.717, 1.165) is 22.7 Å². The van der Waals surface area contributed by atoms with Crippen LogP contribution in [0.15, 0.2) is 18.6 Å². The van der Waals surface area contributed by atoms with Gasteiger partial charge in [-0.2, -0.15) is 0 Å². The third-order valence-corrected chi connectivity index (χ3v) is 2.95. The minimum atomic E-state index is -0.270. The molecule has 2 heterocycles. The summed E-state index contributed by atoms with van der Waals surface area (Å²) in [6, 6.07) is -0.270. The molecule has 0 aliphatic heterocycles. The van der Waals surface area contributed by atoms with Gasteiger partial charge < -0.3 is 5.73 Å². The normalized spacial score (nSPS) is 12.7. The molecule has 0 aliphatic carbocycles. The van der Waals surface area contributed by atoms with Gasteiger partial charge in [-0.1, -0.05) is 11.4 Å². The van der Waals surface area contributed by atoms with Crippen LogP contribution >= 0.6 is 11.5 Å². The Bertz CT molecular complexity index is 427. The smallest absolute Gasteiger partial charge is 0.0871 e. The highest BCUT2D eigenvalue weighted by atomic mass is 32.1. The highest BCUT2D eigenvalue weighted by molar-refractivity contribution is 7.05. The van der Waals surface area contributed by atoms with Gasteiger partial charge >= 0.3 is 0 Å². The predicted octanol–water partition coefficient (Wildman–Crippen LogP) is 0.939. The minimum Gasteiger partial charge on any atom is -0.318 e. The van der Waals surface area contributed by atoms with E-state index in [2.05, 4.69) is 19.6 Å². The van der Waals surface area contributed by atoms with E-state index in [1.54, 1.807) is 18.6 Å². The summed E-state index contributed by atoms with van der Waals surface area (Å²) in [6.07, 6.45) is 5.76. The molecule has 2 N–H and O–H groups in total. The van der Waals surface area contributed by atoms with Crippen LogP contribution in [0.3, 0.4) is 0 Å². The molecule has 0 saturated heterocycles. The van der Waals surface area contributed by atoms with Crippen molar-refractivity contribution in [1.82, 2.24) is 19.6 Å². The summed E-state index contributed by atoms with van der Waals surface area (Å²) < 4.78 is 3.90. The van der Waals surface area contributed by atoms with Crippen molar-refractivity contribution in [1.29, 1.82) is 0 Å². The molecule has 2 aromatic heterocycles. The number of aromatic nitrogens is 4. The molecule has 0 spiro atoms. The summed E-state index contributed by atoms with van der Waals surface area (Å²) in [5, 5.41) is 4.02. The van der Waals surface area contributed by atoms with Gasteiger partial charge in [-0.15, -0.1) is 5.10 Å². The summed E-state index contributed by atoms with van der Waals surface area (Å²) in [6.45, 7) is 2.03. The molecule has 1 atom stereocenters. The Hall–Kier alpha value is -1.40. The van der Waals surface area contributed by atoms with Crippen LogP contribution < -0.4 is 5.73 Å². The third kappa shape index (κ3) is 2.00. The van der Waals surface area contributed by atoms with E-state index in [1.165, 1.54) is 11.5 Å². The molecule has 15 heavy (non-hydrogen) atoms. The first-order chi connectivity index (χ1) is 7.33. The summed E-state index contributed by atoms with van der Waals surface area (Å²) in [5.41, 5.74) is 7.76. The third-order valence-electron chi connectivity index (χ3n) is 2.10. The number of hydrogen-bond acceptors (Lipinski definition) is 6. The van der Waals surface area contributed by atoms with Crippen molar-refractivity contribution >= 4 is 11.5 Å². The first-order valence-electron chi connectivity index (χ1n) is 4.65. The lowest BCUT2D eigenvalue weighted by Gasteiger charge is -2.08. The van der Waals surface area contributed by atoms with Crippen molar-refractivity contribution < 1.29 is 0 Å². The molecule has 0 saturated carbocycles. The summed E-state index contributed by atoms with van der Waals surface area (Å²) in [7, 11) is 0. The molecule has 0 bridgehead atoms. The lowest BCUT2D eigenvalue weighted by Crippen LogP contribution is -2.14. The van der Waals surface area contributed by atoms with Gasteiger partial charge in [-0.05, 0) is 18.0 Å². The lowest BCUT2D eigenvalue weighted by molar-refractivity contribution is 0.810. The molecule has 0 aromatic carbocycles. The Kier molecular flexibility index (Phi) is 2.98. The monoisotopic (exact) mass is 221 g/mol. The Morgan fingerprint density at radius 1 is 1.47 bits per heavy atom. The number of rotatable bonds is 3. The standard InChI is InChI=1S/C9H11N5S/c1-2-6-9(15-14-13-6)8(10)7-5-11-3-4-12-7/h3-5,8H,2,10H2,1H3. The summed E-state index contributed by atoms with van der Waals surface area (Å²) in [5.74, 6) is 0. The van der Waals surface area contributed by atoms with E-state index in [-0.39, 0.29) is 6.04 Å². The number of hydrogen-bond donors (Lipinski definition) is 1. The number of nitrogens with zero attached hydrogens (tertiary/aromatic N) is 4. The van der Waals surface area contributed by atoms with E-state index >= 15 is 0 Å². The number of aryl methyl sites for hydroxylation is 1. The second-order valence-electron chi connectivity index (χ2n) is 3.05. The van der Waals surface area contributed by atoms with Gasteiger partial charge in [0.1, 0.15) is 0 Å². The molecular weight excluding hydrogens is 210 g/mol. The van der Waals surface area contributed by atoms with E-state index in [9.17, 15) is 0 Å². The Morgan fingerprint density at radius 2 is 2.33 bits per heavy atom. The van der Waals surface area contributed by atoms with Gasteiger partial charge in [0.25, 0.3) is 0 Å². The van der Waals surface area contributed by atoms with E-state index < -0.39 is 0 Å². The molecule has 1 unspecified atom stereocenters. The van der Waals surface area contributed by atoms with Crippen LogP contribution in [0.4, 0.5) is 0 Å². The van der Waals surface area contributed by atoms with Crippen LogP contribution in [0.1, 0.15) is 29.2 Å². The maximum absolute atomic E-state index is 6.07. The highest BCUT2D eigenvalue weighted by Gasteiger charge is 2.17. The van der Waals surface area contributed by atoms with Crippen molar-refractivity contribution in [2.24, 2.45) is 5.73 Å². The van der Waals surface area contributed by atoms with Crippen molar-refractivity contribution in [3.8, 4) is 0 Å². The van der Waals surface area contributed by atoms with E-state index in [4.69, 9.17) is 5.73 Å². The van der Waals surface area contributed by atoms with Gasteiger partial charge in [-0.3, -0.25) is 9.97 Å². The van der Waals surface area contributed by atoms with Crippen LogP contribution in [-0.2, 0) is 6.42 Å². The molecule has 6 heteroatoms. The van der Waals surface area contributed by atoms with Gasteiger partial charge in [-0.25, -0.2) is 0 Å². The van der Waals surface area contributed by atoms with Crippen molar-refractivity contribution in [3.63, 3.8) is 0 Å². The lowest BCUT2D eigenvalue weighted by atomic mass is 10.1. The average molecular weight is 221 g/mol. The molecular formula is C9H11N5S. The zero-order valence-corrected chi connectivity index (χ0v) is 9.11. The summed E-state index contributed by atoms with van der Waals surface area (Å²) >= 11 is 1.32. The van der Waals surface area contributed by atoms with Crippen LogP contribution in [0.2, 0.25) is 0 Å². The molecule has 2 aromatic rings. The van der Waals surface area contributed by atoms with Crippen LogP contribution in [0.25, 0.3) is 0 Å². The highest BCUT2D eigenvalue weighted by Crippen LogP contribution is 2.23. The Morgan fingerprint density at radius 3 is 3.00 bits per heavy atom. The zero-order chi connectivity index (χ0) is 10.7. The largest absolute Gasteiger partial charge is 0.318 e. The van der Waals surface area contributed by atoms with Gasteiger partial charge in [0.2, 0.25) is 0 Å². The van der Waals surface area contributed by atoms with Crippen molar-refractivity contribution in [2.75, 3.05) is 0 Å². The fraction of sp³-hybridized carbons (Fsp3) is 0.333. The molecule has 78 valence electrons. The first kappa shape index (κ1) is 10.1. The maximum Gasteiger partial charge on any atom is 0.0871 e. The zero-order valence-electron chi connectivity index (χ0n) is 8.29. The SMILES string of the molecule is CCc1nnsc1C(N)c1cnccn1. The van der Waals surface area contributed by atoms with Gasteiger partial charge in [0.05, 0.1) is 28.5 Å². The fourth-order valence-corrected chi connectivity index (χ4v) is 2.05. The Labute approximate surface area is 91.6 Å². The Balaban J connectivity index is 2.32. The van der Waals surface area contributed by atoms with Crippen LogP contribution in [-0.4, -0.2) is 19.6 Å². The van der Waals surface area contributed by atoms with E-state index in [0.29, 0.717) is 0 Å². The second kappa shape index (κ2) is 4.41. The maximum atomic E-state index is 6.07. The van der Waals surface area contributed by atoms with E-state index in [1.807, 2.05) is 6.92 Å². The topological polar surface area (TPSA) is 77.6 Å². The fourth-order valence-electron chi connectivity index (χ4n) is 1.30. The molecule has 0 amide bonds. The predicted molar refractivity (Wildman–Crippen MR) is 57.3 cm³/mol.